The molecule has 0 saturated heterocycles. The summed E-state index contributed by atoms with van der Waals surface area (Å²) in [7, 11) is 3.42. The fourth-order valence-electron chi connectivity index (χ4n) is 3.27. The molecule has 1 aromatic heterocycles. The third-order valence-corrected chi connectivity index (χ3v) is 4.99. The average molecular weight is 428 g/mol. The van der Waals surface area contributed by atoms with E-state index in [-0.39, 0.29) is 12.5 Å². The first-order chi connectivity index (χ1) is 15.6. The Morgan fingerprint density at radius 2 is 1.69 bits per heavy atom. The van der Waals surface area contributed by atoms with E-state index in [9.17, 15) is 4.79 Å². The van der Waals surface area contributed by atoms with Crippen molar-refractivity contribution in [3.05, 3.63) is 90.6 Å². The van der Waals surface area contributed by atoms with Gasteiger partial charge in [-0.15, -0.1) is 0 Å². The highest BCUT2D eigenvalue weighted by Gasteiger charge is 2.11. The SMILES string of the molecule is COc1ccc2cc(CN(C)C(=O)COc3cccc(Oc4ccccn4)c3)ccc2c1. The molecule has 0 spiro atoms. The van der Waals surface area contributed by atoms with Crippen LogP contribution in [0.15, 0.2) is 85.1 Å². The van der Waals surface area contributed by atoms with E-state index in [4.69, 9.17) is 14.2 Å². The Hall–Kier alpha value is -4.06. The third-order valence-electron chi connectivity index (χ3n) is 4.99. The van der Waals surface area contributed by atoms with Crippen molar-refractivity contribution < 1.29 is 19.0 Å². The second kappa shape index (κ2) is 9.83. The summed E-state index contributed by atoms with van der Waals surface area (Å²) >= 11 is 0. The quantitative estimate of drug-likeness (QED) is 0.392. The molecule has 0 aliphatic heterocycles. The molecule has 1 heterocycles. The third kappa shape index (κ3) is 5.35. The largest absolute Gasteiger partial charge is 0.497 e. The van der Waals surface area contributed by atoms with Gasteiger partial charge in [0.05, 0.1) is 7.11 Å². The highest BCUT2D eigenvalue weighted by atomic mass is 16.5. The lowest BCUT2D eigenvalue weighted by molar-refractivity contribution is -0.132. The van der Waals surface area contributed by atoms with Crippen molar-refractivity contribution in [2.45, 2.75) is 6.54 Å². The Morgan fingerprint density at radius 3 is 2.50 bits per heavy atom. The van der Waals surface area contributed by atoms with Crippen LogP contribution in [0.2, 0.25) is 0 Å². The summed E-state index contributed by atoms with van der Waals surface area (Å²) in [6, 6.07) is 24.7. The van der Waals surface area contributed by atoms with Crippen LogP contribution >= 0.6 is 0 Å². The number of amides is 1. The van der Waals surface area contributed by atoms with Crippen LogP contribution in [0.1, 0.15) is 5.56 Å². The Morgan fingerprint density at radius 1 is 0.875 bits per heavy atom. The Balaban J connectivity index is 1.34. The zero-order valence-corrected chi connectivity index (χ0v) is 18.0. The smallest absolute Gasteiger partial charge is 0.260 e. The van der Waals surface area contributed by atoms with Gasteiger partial charge in [0.1, 0.15) is 17.2 Å². The van der Waals surface area contributed by atoms with Crippen LogP contribution in [0.4, 0.5) is 0 Å². The van der Waals surface area contributed by atoms with Gasteiger partial charge in [0.25, 0.3) is 5.91 Å². The van der Waals surface area contributed by atoms with Gasteiger partial charge in [-0.3, -0.25) is 4.79 Å². The van der Waals surface area contributed by atoms with E-state index in [0.29, 0.717) is 23.9 Å². The maximum atomic E-state index is 12.6. The van der Waals surface area contributed by atoms with Crippen molar-refractivity contribution in [1.29, 1.82) is 0 Å². The summed E-state index contributed by atoms with van der Waals surface area (Å²) in [6.07, 6.45) is 1.66. The molecule has 0 unspecified atom stereocenters. The summed E-state index contributed by atoms with van der Waals surface area (Å²) in [6.45, 7) is 0.432. The number of carbonyl (C=O) groups excluding carboxylic acids is 1. The lowest BCUT2D eigenvalue weighted by Crippen LogP contribution is -2.30. The molecule has 0 atom stereocenters. The van der Waals surface area contributed by atoms with Crippen molar-refractivity contribution in [3.8, 4) is 23.1 Å². The Bertz CT molecular complexity index is 1210. The predicted molar refractivity (Wildman–Crippen MR) is 123 cm³/mol. The fourth-order valence-corrected chi connectivity index (χ4v) is 3.27. The molecule has 6 heteroatoms. The number of fused-ring (bicyclic) bond motifs is 1. The second-order valence-corrected chi connectivity index (χ2v) is 7.33. The lowest BCUT2D eigenvalue weighted by atomic mass is 10.1. The van der Waals surface area contributed by atoms with Crippen molar-refractivity contribution in [2.24, 2.45) is 0 Å². The molecule has 0 saturated carbocycles. The number of pyridine rings is 1. The van der Waals surface area contributed by atoms with Gasteiger partial charge >= 0.3 is 0 Å². The van der Waals surface area contributed by atoms with Gasteiger partial charge in [-0.05, 0) is 52.7 Å². The van der Waals surface area contributed by atoms with Crippen LogP contribution in [-0.2, 0) is 11.3 Å². The minimum atomic E-state index is -0.115. The molecule has 1 amide bonds. The van der Waals surface area contributed by atoms with E-state index in [1.54, 1.807) is 43.5 Å². The molecule has 3 aromatic carbocycles. The molecule has 6 nitrogen and oxygen atoms in total. The molecule has 0 N–H and O–H groups in total. The van der Waals surface area contributed by atoms with E-state index in [1.165, 1.54) is 0 Å². The molecule has 0 fully saturated rings. The Kier molecular flexibility index (Phi) is 6.51. The number of hydrogen-bond acceptors (Lipinski definition) is 5. The van der Waals surface area contributed by atoms with Gasteiger partial charge in [-0.25, -0.2) is 4.98 Å². The van der Waals surface area contributed by atoms with E-state index < -0.39 is 0 Å². The lowest BCUT2D eigenvalue weighted by Gasteiger charge is -2.18. The first-order valence-electron chi connectivity index (χ1n) is 10.2. The summed E-state index contributed by atoms with van der Waals surface area (Å²) in [5.74, 6) is 2.35. The second-order valence-electron chi connectivity index (χ2n) is 7.33. The maximum Gasteiger partial charge on any atom is 0.260 e. The van der Waals surface area contributed by atoms with Gasteiger partial charge in [-0.2, -0.15) is 0 Å². The van der Waals surface area contributed by atoms with Gasteiger partial charge in [0.15, 0.2) is 6.61 Å². The minimum Gasteiger partial charge on any atom is -0.497 e. The molecule has 4 rings (SSSR count). The number of aromatic nitrogens is 1. The topological polar surface area (TPSA) is 60.9 Å². The number of benzene rings is 3. The van der Waals surface area contributed by atoms with Crippen molar-refractivity contribution in [3.63, 3.8) is 0 Å². The fraction of sp³-hybridized carbons (Fsp3) is 0.154. The van der Waals surface area contributed by atoms with Crippen LogP contribution in [0.3, 0.4) is 0 Å². The van der Waals surface area contributed by atoms with E-state index in [0.717, 1.165) is 22.1 Å². The molecule has 0 aliphatic carbocycles. The van der Waals surface area contributed by atoms with E-state index in [2.05, 4.69) is 11.1 Å². The number of methoxy groups -OCH3 is 1. The molecule has 0 bridgehead atoms. The monoisotopic (exact) mass is 428 g/mol. The maximum absolute atomic E-state index is 12.6. The normalized spacial score (nSPS) is 10.6. The molecule has 0 radical (unpaired) electrons. The first kappa shape index (κ1) is 21.2. The van der Waals surface area contributed by atoms with E-state index in [1.807, 2.05) is 54.6 Å². The van der Waals surface area contributed by atoms with E-state index >= 15 is 0 Å². The first-order valence-corrected chi connectivity index (χ1v) is 10.2. The average Bonchev–Trinajstić information content (AvgIpc) is 2.83. The van der Waals surface area contributed by atoms with Crippen LogP contribution < -0.4 is 14.2 Å². The number of hydrogen-bond donors (Lipinski definition) is 0. The van der Waals surface area contributed by atoms with Crippen molar-refractivity contribution in [1.82, 2.24) is 9.88 Å². The van der Waals surface area contributed by atoms with Crippen LogP contribution in [-0.4, -0.2) is 36.6 Å². The summed E-state index contributed by atoms with van der Waals surface area (Å²) in [4.78, 5) is 18.4. The molecular formula is C26H24N2O4. The predicted octanol–water partition coefficient (Wildman–Crippen LogP) is 5.07. The van der Waals surface area contributed by atoms with Gasteiger partial charge in [0.2, 0.25) is 5.88 Å². The summed E-state index contributed by atoms with van der Waals surface area (Å²) in [5, 5.41) is 2.20. The highest BCUT2D eigenvalue weighted by Crippen LogP contribution is 2.24. The molecule has 0 aliphatic rings. The number of nitrogens with zero attached hydrogens (tertiary/aromatic N) is 2. The molecular weight excluding hydrogens is 404 g/mol. The van der Waals surface area contributed by atoms with Gasteiger partial charge in [0, 0.05) is 31.9 Å². The van der Waals surface area contributed by atoms with Crippen LogP contribution in [0.5, 0.6) is 23.1 Å². The van der Waals surface area contributed by atoms with Gasteiger partial charge < -0.3 is 19.1 Å². The van der Waals surface area contributed by atoms with Crippen LogP contribution in [0.25, 0.3) is 10.8 Å². The van der Waals surface area contributed by atoms with Gasteiger partial charge in [-0.1, -0.05) is 30.3 Å². The van der Waals surface area contributed by atoms with Crippen molar-refractivity contribution >= 4 is 16.7 Å². The molecule has 32 heavy (non-hydrogen) atoms. The zero-order valence-electron chi connectivity index (χ0n) is 18.0. The number of likely N-dealkylation sites (N-methyl/N-ethyl adjacent to an activating group) is 1. The highest BCUT2D eigenvalue weighted by molar-refractivity contribution is 5.84. The standard InChI is InChI=1S/C26H24N2O4/c1-28(17-19-9-10-21-15-22(30-2)12-11-20(21)14-19)26(29)18-31-23-6-5-7-24(16-23)32-25-8-3-4-13-27-25/h3-16H,17-18H2,1-2H3. The molecule has 4 aromatic rings. The van der Waals surface area contributed by atoms with Crippen molar-refractivity contribution in [2.75, 3.05) is 20.8 Å². The molecule has 162 valence electrons. The zero-order chi connectivity index (χ0) is 22.3. The number of carbonyl (C=O) groups is 1. The number of rotatable bonds is 8. The summed E-state index contributed by atoms with van der Waals surface area (Å²) < 4.78 is 16.7. The Labute approximate surface area is 187 Å². The minimum absolute atomic E-state index is 0.0612. The number of ether oxygens (including phenoxy) is 3. The summed E-state index contributed by atoms with van der Waals surface area (Å²) in [5.41, 5.74) is 1.05. The van der Waals surface area contributed by atoms with Crippen LogP contribution in [0, 0.1) is 0 Å².